The van der Waals surface area contributed by atoms with E-state index >= 15 is 0 Å². The van der Waals surface area contributed by atoms with Gasteiger partial charge in [0.25, 0.3) is 11.7 Å². The standard InChI is InChI=1S/C27H26N2O6/c1-33-15-14-29-24(23(26(31)27(29)32)25(30)19-10-12-28-13-11-19)20-8-9-21(22(16-20)34-2)35-17-18-6-4-3-5-7-18/h3-13,16,24,30H,14-15,17H2,1-2H3. The lowest BCUT2D eigenvalue weighted by Crippen LogP contribution is -2.32. The van der Waals surface area contributed by atoms with Gasteiger partial charge in [0.15, 0.2) is 11.5 Å². The number of methoxy groups -OCH3 is 2. The van der Waals surface area contributed by atoms with Crippen molar-refractivity contribution in [3.8, 4) is 11.5 Å². The number of carbonyl (C=O) groups excluding carboxylic acids is 2. The van der Waals surface area contributed by atoms with Gasteiger partial charge in [0.2, 0.25) is 0 Å². The molecule has 1 amide bonds. The molecule has 35 heavy (non-hydrogen) atoms. The summed E-state index contributed by atoms with van der Waals surface area (Å²) >= 11 is 0. The molecule has 1 N–H and O–H groups in total. The van der Waals surface area contributed by atoms with Crippen LogP contribution in [0.4, 0.5) is 0 Å². The number of ether oxygens (including phenoxy) is 3. The lowest BCUT2D eigenvalue weighted by molar-refractivity contribution is -0.140. The number of carbonyl (C=O) groups is 2. The third kappa shape index (κ3) is 5.02. The van der Waals surface area contributed by atoms with E-state index in [4.69, 9.17) is 14.2 Å². The molecule has 1 aromatic heterocycles. The Balaban J connectivity index is 1.74. The van der Waals surface area contributed by atoms with Crippen LogP contribution in [0, 0.1) is 0 Å². The maximum atomic E-state index is 13.0. The predicted octanol–water partition coefficient (Wildman–Crippen LogP) is 3.74. The van der Waals surface area contributed by atoms with Gasteiger partial charge in [0, 0.05) is 31.6 Å². The number of Topliss-reactive ketones (excluding diaryl/α,β-unsaturated/α-hetero) is 1. The van der Waals surface area contributed by atoms with Crippen LogP contribution >= 0.6 is 0 Å². The van der Waals surface area contributed by atoms with Crippen LogP contribution in [0.1, 0.15) is 22.7 Å². The van der Waals surface area contributed by atoms with Gasteiger partial charge in [-0.25, -0.2) is 0 Å². The number of pyridine rings is 1. The molecule has 1 aliphatic heterocycles. The number of aliphatic hydroxyl groups is 1. The Morgan fingerprint density at radius 1 is 1.00 bits per heavy atom. The van der Waals surface area contributed by atoms with E-state index in [1.54, 1.807) is 30.3 Å². The van der Waals surface area contributed by atoms with Crippen LogP contribution in [0.15, 0.2) is 78.6 Å². The monoisotopic (exact) mass is 474 g/mol. The van der Waals surface area contributed by atoms with Gasteiger partial charge in [-0.2, -0.15) is 0 Å². The highest BCUT2D eigenvalue weighted by molar-refractivity contribution is 6.46. The van der Waals surface area contributed by atoms with Crippen molar-refractivity contribution in [2.45, 2.75) is 12.6 Å². The first-order valence-electron chi connectivity index (χ1n) is 11.1. The Hall–Kier alpha value is -4.17. The SMILES string of the molecule is COCCN1C(=O)C(=O)C(=C(O)c2ccncc2)C1c1ccc(OCc2ccccc2)c(OC)c1. The second kappa shape index (κ2) is 10.8. The molecule has 1 atom stereocenters. The smallest absolute Gasteiger partial charge is 0.295 e. The molecule has 0 saturated carbocycles. The molecule has 0 spiro atoms. The maximum absolute atomic E-state index is 13.0. The Labute approximate surface area is 203 Å². The Morgan fingerprint density at radius 3 is 2.43 bits per heavy atom. The highest BCUT2D eigenvalue weighted by Gasteiger charge is 2.46. The fourth-order valence-corrected chi connectivity index (χ4v) is 4.02. The van der Waals surface area contributed by atoms with Gasteiger partial charge in [0.1, 0.15) is 12.4 Å². The van der Waals surface area contributed by atoms with Crippen LogP contribution in [-0.4, -0.2) is 54.1 Å². The fraction of sp³-hybridized carbons (Fsp3) is 0.222. The zero-order valence-corrected chi connectivity index (χ0v) is 19.5. The molecule has 3 aromatic rings. The molecular weight excluding hydrogens is 448 g/mol. The third-order valence-electron chi connectivity index (χ3n) is 5.77. The van der Waals surface area contributed by atoms with Gasteiger partial charge in [-0.3, -0.25) is 14.6 Å². The molecule has 2 heterocycles. The van der Waals surface area contributed by atoms with E-state index in [-0.39, 0.29) is 24.5 Å². The Morgan fingerprint density at radius 2 is 1.74 bits per heavy atom. The summed E-state index contributed by atoms with van der Waals surface area (Å²) in [5.74, 6) is -0.767. The van der Waals surface area contributed by atoms with Gasteiger partial charge in [-0.15, -0.1) is 0 Å². The van der Waals surface area contributed by atoms with Crippen LogP contribution in [0.2, 0.25) is 0 Å². The average Bonchev–Trinajstić information content (AvgIpc) is 3.16. The topological polar surface area (TPSA) is 98.2 Å². The number of rotatable bonds is 9. The van der Waals surface area contributed by atoms with Crippen molar-refractivity contribution in [2.75, 3.05) is 27.4 Å². The summed E-state index contributed by atoms with van der Waals surface area (Å²) in [5, 5.41) is 11.0. The maximum Gasteiger partial charge on any atom is 0.295 e. The number of aliphatic hydroxyl groups excluding tert-OH is 1. The Bertz CT molecular complexity index is 1230. The van der Waals surface area contributed by atoms with E-state index in [2.05, 4.69) is 4.98 Å². The molecule has 8 nitrogen and oxygen atoms in total. The summed E-state index contributed by atoms with van der Waals surface area (Å²) in [7, 11) is 3.04. The molecule has 1 saturated heterocycles. The first-order chi connectivity index (χ1) is 17.0. The first kappa shape index (κ1) is 24.0. The van der Waals surface area contributed by atoms with E-state index in [9.17, 15) is 14.7 Å². The normalized spacial score (nSPS) is 17.0. The minimum atomic E-state index is -0.824. The van der Waals surface area contributed by atoms with E-state index in [1.165, 1.54) is 31.5 Å². The summed E-state index contributed by atoms with van der Waals surface area (Å²) in [6, 6.07) is 17.3. The summed E-state index contributed by atoms with van der Waals surface area (Å²) in [6.07, 6.45) is 3.01. The Kier molecular flexibility index (Phi) is 7.42. The zero-order chi connectivity index (χ0) is 24.8. The summed E-state index contributed by atoms with van der Waals surface area (Å²) in [4.78, 5) is 31.3. The van der Waals surface area contributed by atoms with Crippen LogP contribution < -0.4 is 9.47 Å². The average molecular weight is 475 g/mol. The number of benzene rings is 2. The summed E-state index contributed by atoms with van der Waals surface area (Å²) < 4.78 is 16.7. The predicted molar refractivity (Wildman–Crippen MR) is 129 cm³/mol. The van der Waals surface area contributed by atoms with Crippen molar-refractivity contribution in [2.24, 2.45) is 0 Å². The van der Waals surface area contributed by atoms with E-state index < -0.39 is 17.7 Å². The second-order valence-electron chi connectivity index (χ2n) is 7.91. The van der Waals surface area contributed by atoms with Crippen molar-refractivity contribution in [1.29, 1.82) is 0 Å². The van der Waals surface area contributed by atoms with Crippen LogP contribution in [0.3, 0.4) is 0 Å². The van der Waals surface area contributed by atoms with Crippen molar-refractivity contribution in [3.63, 3.8) is 0 Å². The van der Waals surface area contributed by atoms with Gasteiger partial charge >= 0.3 is 0 Å². The van der Waals surface area contributed by atoms with Crippen LogP contribution in [0.5, 0.6) is 11.5 Å². The second-order valence-corrected chi connectivity index (χ2v) is 7.91. The van der Waals surface area contributed by atoms with Gasteiger partial charge < -0.3 is 24.2 Å². The molecule has 0 bridgehead atoms. The largest absolute Gasteiger partial charge is 0.507 e. The quantitative estimate of drug-likeness (QED) is 0.287. The number of aromatic nitrogens is 1. The number of nitrogens with zero attached hydrogens (tertiary/aromatic N) is 2. The first-order valence-corrected chi connectivity index (χ1v) is 11.1. The molecule has 1 fully saturated rings. The number of hydrogen-bond acceptors (Lipinski definition) is 7. The van der Waals surface area contributed by atoms with Crippen molar-refractivity contribution >= 4 is 17.4 Å². The molecule has 0 radical (unpaired) electrons. The lowest BCUT2D eigenvalue weighted by Gasteiger charge is -2.25. The van der Waals surface area contributed by atoms with E-state index in [1.807, 2.05) is 30.3 Å². The molecule has 1 aliphatic rings. The van der Waals surface area contributed by atoms with Gasteiger partial charge in [-0.1, -0.05) is 36.4 Å². The lowest BCUT2D eigenvalue weighted by atomic mass is 9.95. The highest BCUT2D eigenvalue weighted by Crippen LogP contribution is 2.41. The highest BCUT2D eigenvalue weighted by atomic mass is 16.5. The molecule has 8 heteroatoms. The summed E-state index contributed by atoms with van der Waals surface area (Å²) in [5.41, 5.74) is 1.99. The van der Waals surface area contributed by atoms with Crippen molar-refractivity contribution in [3.05, 3.63) is 95.3 Å². The minimum absolute atomic E-state index is 0.00249. The number of likely N-dealkylation sites (tertiary alicyclic amines) is 1. The summed E-state index contributed by atoms with van der Waals surface area (Å²) in [6.45, 7) is 0.757. The molecule has 4 rings (SSSR count). The van der Waals surface area contributed by atoms with Crippen LogP contribution in [-0.2, 0) is 20.9 Å². The minimum Gasteiger partial charge on any atom is -0.507 e. The zero-order valence-electron chi connectivity index (χ0n) is 19.5. The van der Waals surface area contributed by atoms with Crippen LogP contribution in [0.25, 0.3) is 5.76 Å². The number of amides is 1. The number of hydrogen-bond donors (Lipinski definition) is 1. The van der Waals surface area contributed by atoms with Gasteiger partial charge in [-0.05, 0) is 35.4 Å². The van der Waals surface area contributed by atoms with Gasteiger partial charge in [0.05, 0.1) is 25.3 Å². The molecule has 2 aromatic carbocycles. The van der Waals surface area contributed by atoms with E-state index in [0.29, 0.717) is 29.2 Å². The molecule has 1 unspecified atom stereocenters. The molecule has 0 aliphatic carbocycles. The third-order valence-corrected chi connectivity index (χ3v) is 5.77. The molecule has 180 valence electrons. The molecular formula is C27H26N2O6. The van der Waals surface area contributed by atoms with Crippen molar-refractivity contribution < 1.29 is 28.9 Å². The van der Waals surface area contributed by atoms with E-state index in [0.717, 1.165) is 5.56 Å². The van der Waals surface area contributed by atoms with Crippen molar-refractivity contribution in [1.82, 2.24) is 9.88 Å². The fourth-order valence-electron chi connectivity index (χ4n) is 4.02. The number of ketones is 1.